The molecule has 2 N–H and O–H groups in total. The van der Waals surface area contributed by atoms with Crippen LogP contribution in [0.3, 0.4) is 0 Å². The Labute approximate surface area is 198 Å². The predicted octanol–water partition coefficient (Wildman–Crippen LogP) is 1.49. The zero-order chi connectivity index (χ0) is 24.2. The summed E-state index contributed by atoms with van der Waals surface area (Å²) >= 11 is 0. The number of hydrogen-bond acceptors (Lipinski definition) is 7. The summed E-state index contributed by atoms with van der Waals surface area (Å²) in [6.07, 6.45) is 0. The van der Waals surface area contributed by atoms with Crippen LogP contribution in [0.4, 0.5) is 0 Å². The van der Waals surface area contributed by atoms with Gasteiger partial charge in [-0.05, 0) is 43.7 Å². The number of aryl methyl sites for hydroxylation is 1. The second-order valence-corrected chi connectivity index (χ2v) is 8.36. The van der Waals surface area contributed by atoms with Gasteiger partial charge in [-0.1, -0.05) is 6.07 Å². The molecule has 0 radical (unpaired) electrons. The highest BCUT2D eigenvalue weighted by atomic mass is 16.5. The van der Waals surface area contributed by atoms with E-state index in [-0.39, 0.29) is 11.3 Å². The van der Waals surface area contributed by atoms with E-state index in [2.05, 4.69) is 0 Å². The van der Waals surface area contributed by atoms with Gasteiger partial charge in [-0.3, -0.25) is 9.59 Å². The molecule has 2 aromatic rings. The number of furan rings is 1. The van der Waals surface area contributed by atoms with Crippen molar-refractivity contribution in [3.63, 3.8) is 0 Å². The maximum absolute atomic E-state index is 13.4. The van der Waals surface area contributed by atoms with Gasteiger partial charge in [0, 0.05) is 0 Å². The fourth-order valence-corrected chi connectivity index (χ4v) is 4.47. The molecule has 9 nitrogen and oxygen atoms in total. The summed E-state index contributed by atoms with van der Waals surface area (Å²) in [5, 5.41) is 10.8. The number of carbonyl (C=O) groups excluding carboxylic acids is 2. The quantitative estimate of drug-likeness (QED) is 0.534. The maximum Gasteiger partial charge on any atom is 0.290 e. The fraction of sp³-hybridized carbons (Fsp3) is 0.440. The van der Waals surface area contributed by atoms with Crippen molar-refractivity contribution in [2.75, 3.05) is 53.1 Å². The number of rotatable bonds is 9. The normalized spacial score (nSPS) is 19.1. The molecule has 0 spiro atoms. The number of nitrogens with zero attached hydrogens (tertiary/aromatic N) is 1. The standard InChI is InChI=1S/C25H30N2O7/c1-4-33-18-8-6-17(15-20(18)31-3)22-21(23(28)19-7-5-16(2)34-19)24(29)25(30)27(22)10-9-26-11-13-32-14-12-26/h5-8,15,22,29H,4,9-14H2,1-3H3/p+1/t22-/m1/s1. The molecule has 2 aliphatic rings. The third-order valence-corrected chi connectivity index (χ3v) is 6.22. The van der Waals surface area contributed by atoms with Crippen molar-refractivity contribution in [3.05, 3.63) is 58.7 Å². The molecule has 1 aromatic heterocycles. The number of nitrogens with one attached hydrogen (secondary N) is 1. The molecule has 34 heavy (non-hydrogen) atoms. The van der Waals surface area contributed by atoms with Gasteiger partial charge in [0.25, 0.3) is 5.91 Å². The van der Waals surface area contributed by atoms with Crippen molar-refractivity contribution in [1.82, 2.24) is 4.90 Å². The lowest BCUT2D eigenvalue weighted by atomic mass is 9.94. The Kier molecular flexibility index (Phi) is 7.23. The number of ether oxygens (including phenoxy) is 3. The summed E-state index contributed by atoms with van der Waals surface area (Å²) in [5.74, 6) is 0.0574. The third-order valence-electron chi connectivity index (χ3n) is 6.22. The monoisotopic (exact) mass is 471 g/mol. The maximum atomic E-state index is 13.4. The van der Waals surface area contributed by atoms with Gasteiger partial charge < -0.3 is 33.5 Å². The number of ketones is 1. The Morgan fingerprint density at radius 2 is 1.97 bits per heavy atom. The number of aliphatic hydroxyl groups is 1. The molecule has 4 rings (SSSR count). The molecule has 1 saturated heterocycles. The van der Waals surface area contributed by atoms with E-state index in [0.29, 0.717) is 55.7 Å². The van der Waals surface area contributed by atoms with Crippen molar-refractivity contribution in [1.29, 1.82) is 0 Å². The first kappa shape index (κ1) is 23.8. The fourth-order valence-electron chi connectivity index (χ4n) is 4.47. The molecule has 0 bridgehead atoms. The van der Waals surface area contributed by atoms with Gasteiger partial charge in [0.05, 0.1) is 51.6 Å². The van der Waals surface area contributed by atoms with Crippen LogP contribution in [0.5, 0.6) is 11.5 Å². The third kappa shape index (κ3) is 4.67. The first-order chi connectivity index (χ1) is 16.4. The van der Waals surface area contributed by atoms with E-state index in [4.69, 9.17) is 18.6 Å². The topological polar surface area (TPSA) is 103 Å². The van der Waals surface area contributed by atoms with Crippen LogP contribution in [0.25, 0.3) is 0 Å². The van der Waals surface area contributed by atoms with Crippen LogP contribution in [0.2, 0.25) is 0 Å². The van der Waals surface area contributed by atoms with Gasteiger partial charge in [-0.15, -0.1) is 0 Å². The minimum atomic E-state index is -0.782. The molecule has 1 atom stereocenters. The number of benzene rings is 1. The smallest absolute Gasteiger partial charge is 0.290 e. The van der Waals surface area contributed by atoms with Crippen molar-refractivity contribution < 1.29 is 38.2 Å². The predicted molar refractivity (Wildman–Crippen MR) is 122 cm³/mol. The van der Waals surface area contributed by atoms with Crippen LogP contribution < -0.4 is 14.4 Å². The van der Waals surface area contributed by atoms with Crippen molar-refractivity contribution in [2.45, 2.75) is 19.9 Å². The van der Waals surface area contributed by atoms with E-state index in [1.54, 1.807) is 42.2 Å². The van der Waals surface area contributed by atoms with Gasteiger partial charge in [-0.25, -0.2) is 0 Å². The van der Waals surface area contributed by atoms with E-state index in [9.17, 15) is 14.7 Å². The van der Waals surface area contributed by atoms with E-state index >= 15 is 0 Å². The number of quaternary nitrogens is 1. The average Bonchev–Trinajstić information content (AvgIpc) is 3.39. The highest BCUT2D eigenvalue weighted by Crippen LogP contribution is 2.41. The lowest BCUT2D eigenvalue weighted by molar-refractivity contribution is -0.907. The van der Waals surface area contributed by atoms with E-state index in [1.165, 1.54) is 12.0 Å². The van der Waals surface area contributed by atoms with Crippen molar-refractivity contribution in [2.24, 2.45) is 0 Å². The first-order valence-electron chi connectivity index (χ1n) is 11.5. The molecule has 1 fully saturated rings. The van der Waals surface area contributed by atoms with Gasteiger partial charge >= 0.3 is 0 Å². The summed E-state index contributed by atoms with van der Waals surface area (Å²) in [5.41, 5.74) is 0.642. The molecule has 0 aliphatic carbocycles. The number of amides is 1. The molecule has 9 heteroatoms. The minimum Gasteiger partial charge on any atom is -0.503 e. The molecule has 182 valence electrons. The summed E-state index contributed by atoms with van der Waals surface area (Å²) in [4.78, 5) is 29.4. The van der Waals surface area contributed by atoms with Crippen LogP contribution in [0, 0.1) is 6.92 Å². The van der Waals surface area contributed by atoms with Gasteiger partial charge in [0.15, 0.2) is 23.0 Å². The van der Waals surface area contributed by atoms with Crippen LogP contribution in [-0.2, 0) is 9.53 Å². The van der Waals surface area contributed by atoms with E-state index in [0.717, 1.165) is 13.1 Å². The number of methoxy groups -OCH3 is 1. The summed E-state index contributed by atoms with van der Waals surface area (Å²) in [6, 6.07) is 7.74. The summed E-state index contributed by atoms with van der Waals surface area (Å²) in [6.45, 7) is 8.16. The molecule has 3 heterocycles. The molecule has 2 aliphatic heterocycles. The molecule has 0 unspecified atom stereocenters. The minimum absolute atomic E-state index is 0.00235. The second kappa shape index (κ2) is 10.3. The van der Waals surface area contributed by atoms with Crippen LogP contribution >= 0.6 is 0 Å². The van der Waals surface area contributed by atoms with Gasteiger partial charge in [0.1, 0.15) is 18.8 Å². The number of aliphatic hydroxyl groups excluding tert-OH is 1. The van der Waals surface area contributed by atoms with Crippen LogP contribution in [-0.4, -0.2) is 74.8 Å². The molecular formula is C25H31N2O7+. The van der Waals surface area contributed by atoms with Crippen LogP contribution in [0.15, 0.2) is 46.1 Å². The largest absolute Gasteiger partial charge is 0.503 e. The van der Waals surface area contributed by atoms with Gasteiger partial charge in [0.2, 0.25) is 5.78 Å². The Bertz CT molecular complexity index is 1080. The number of Topliss-reactive ketones (excluding diaryl/α,β-unsaturated/α-hetero) is 1. The van der Waals surface area contributed by atoms with Gasteiger partial charge in [-0.2, -0.15) is 0 Å². The first-order valence-corrected chi connectivity index (χ1v) is 11.5. The molecule has 1 amide bonds. The lowest BCUT2D eigenvalue weighted by Crippen LogP contribution is -3.14. The average molecular weight is 472 g/mol. The summed E-state index contributed by atoms with van der Waals surface area (Å²) < 4.78 is 22.1. The van der Waals surface area contributed by atoms with E-state index < -0.39 is 23.5 Å². The highest BCUT2D eigenvalue weighted by molar-refractivity contribution is 6.15. The second-order valence-electron chi connectivity index (χ2n) is 8.36. The number of carbonyl (C=O) groups is 2. The SMILES string of the molecule is CCOc1ccc([C@@H]2C(C(=O)c3ccc(C)o3)=C(O)C(=O)N2CC[NH+]2CCOCC2)cc1OC. The zero-order valence-corrected chi connectivity index (χ0v) is 19.8. The Morgan fingerprint density at radius 1 is 1.21 bits per heavy atom. The van der Waals surface area contributed by atoms with E-state index in [1.807, 2.05) is 6.92 Å². The summed E-state index contributed by atoms with van der Waals surface area (Å²) in [7, 11) is 1.53. The van der Waals surface area contributed by atoms with Crippen molar-refractivity contribution >= 4 is 11.7 Å². The number of hydrogen-bond donors (Lipinski definition) is 2. The van der Waals surface area contributed by atoms with Crippen molar-refractivity contribution in [3.8, 4) is 11.5 Å². The Hall–Kier alpha value is -3.30. The zero-order valence-electron chi connectivity index (χ0n) is 19.8. The molecular weight excluding hydrogens is 440 g/mol. The van der Waals surface area contributed by atoms with Crippen LogP contribution in [0.1, 0.15) is 34.8 Å². The Morgan fingerprint density at radius 3 is 2.62 bits per heavy atom. The number of morpholine rings is 1. The highest BCUT2D eigenvalue weighted by Gasteiger charge is 2.45. The molecule has 1 aromatic carbocycles. The Balaban J connectivity index is 1.71. The lowest BCUT2D eigenvalue weighted by Gasteiger charge is -2.30. The molecule has 0 saturated carbocycles.